The van der Waals surface area contributed by atoms with Crippen LogP contribution in [0.1, 0.15) is 0 Å². The lowest BCUT2D eigenvalue weighted by Gasteiger charge is -1.89. The van der Waals surface area contributed by atoms with E-state index in [1.54, 1.807) is 18.7 Å². The molecule has 0 aliphatic rings. The predicted octanol–water partition coefficient (Wildman–Crippen LogP) is 1.60. The van der Waals surface area contributed by atoms with E-state index in [9.17, 15) is 0 Å². The lowest BCUT2D eigenvalue weighted by molar-refractivity contribution is 0.326. The van der Waals surface area contributed by atoms with E-state index in [0.29, 0.717) is 4.61 Å². The highest BCUT2D eigenvalue weighted by molar-refractivity contribution is 14.1. The summed E-state index contributed by atoms with van der Waals surface area (Å²) in [5.74, 6) is 0. The highest BCUT2D eigenvalue weighted by Crippen LogP contribution is 1.82. The molecule has 0 amide bonds. The van der Waals surface area contributed by atoms with Crippen LogP contribution in [0.15, 0.2) is 25.2 Å². The van der Waals surface area contributed by atoms with E-state index >= 15 is 0 Å². The van der Waals surface area contributed by atoms with E-state index in [-0.39, 0.29) is 0 Å². The summed E-state index contributed by atoms with van der Waals surface area (Å²) >= 11 is 2.11. The van der Waals surface area contributed by atoms with Crippen molar-refractivity contribution in [1.29, 1.82) is 0 Å². The van der Waals surface area contributed by atoms with Gasteiger partial charge in [-0.15, -0.1) is 0 Å². The van der Waals surface area contributed by atoms with E-state index in [4.69, 9.17) is 4.74 Å². The predicted molar refractivity (Wildman–Crippen MR) is 42.4 cm³/mol. The molecule has 0 saturated carbocycles. The van der Waals surface area contributed by atoms with Crippen molar-refractivity contribution >= 4 is 22.6 Å². The molecule has 3 heteroatoms. The third-order valence-corrected chi connectivity index (χ3v) is 0.801. The Morgan fingerprint density at radius 1 is 1.75 bits per heavy atom. The molecule has 0 aliphatic heterocycles. The fraction of sp³-hybridized carbons (Fsp3) is 0.200. The third-order valence-electron chi connectivity index (χ3n) is 0.441. The van der Waals surface area contributed by atoms with Gasteiger partial charge in [0.1, 0.15) is 10.9 Å². The van der Waals surface area contributed by atoms with Crippen molar-refractivity contribution < 1.29 is 4.74 Å². The van der Waals surface area contributed by atoms with E-state index in [2.05, 4.69) is 34.5 Å². The molecular weight excluding hydrogens is 217 g/mol. The summed E-state index contributed by atoms with van der Waals surface area (Å²) in [7, 11) is 0. The van der Waals surface area contributed by atoms with Crippen LogP contribution in [0.2, 0.25) is 0 Å². The Kier molecular flexibility index (Phi) is 6.65. The molecule has 8 heavy (non-hydrogen) atoms. The summed E-state index contributed by atoms with van der Waals surface area (Å²) < 4.78 is 5.51. The average molecular weight is 225 g/mol. The molecular formula is C5H8INO. The summed E-state index contributed by atoms with van der Waals surface area (Å²) in [5, 5.41) is 2.74. The first-order chi connectivity index (χ1) is 3.91. The molecule has 0 radical (unpaired) electrons. The Morgan fingerprint density at radius 3 is 3.00 bits per heavy atom. The van der Waals surface area contributed by atoms with E-state index in [0.717, 1.165) is 0 Å². The zero-order valence-electron chi connectivity index (χ0n) is 4.43. The zero-order chi connectivity index (χ0) is 6.24. The van der Waals surface area contributed by atoms with Crippen LogP contribution in [0.25, 0.3) is 0 Å². The van der Waals surface area contributed by atoms with Crippen molar-refractivity contribution in [3.05, 3.63) is 25.2 Å². The molecule has 0 fully saturated rings. The third kappa shape index (κ3) is 5.81. The van der Waals surface area contributed by atoms with Gasteiger partial charge >= 0.3 is 0 Å². The first-order valence-corrected chi connectivity index (χ1v) is 3.64. The number of hydrogen-bond donors (Lipinski definition) is 1. The van der Waals surface area contributed by atoms with E-state index in [1.807, 2.05) is 0 Å². The highest BCUT2D eigenvalue weighted by atomic mass is 127. The van der Waals surface area contributed by atoms with Crippen LogP contribution >= 0.6 is 22.6 Å². The Morgan fingerprint density at radius 2 is 2.50 bits per heavy atom. The molecule has 0 atom stereocenters. The second-order valence-electron chi connectivity index (χ2n) is 0.949. The first-order valence-electron chi connectivity index (χ1n) is 2.11. The second kappa shape index (κ2) is 6.81. The molecule has 0 aromatic heterocycles. The minimum atomic E-state index is 0.674. The molecule has 0 heterocycles. The van der Waals surface area contributed by atoms with Crippen molar-refractivity contribution in [2.75, 3.05) is 4.61 Å². The number of alkyl halides is 1. The molecule has 46 valence electrons. The van der Waals surface area contributed by atoms with Crippen LogP contribution in [0, 0.1) is 0 Å². The Labute approximate surface area is 62.7 Å². The highest BCUT2D eigenvalue weighted by Gasteiger charge is 1.65. The largest absolute Gasteiger partial charge is 0.489 e. The molecule has 2 nitrogen and oxygen atoms in total. The van der Waals surface area contributed by atoms with E-state index in [1.165, 1.54) is 0 Å². The molecule has 0 spiro atoms. The van der Waals surface area contributed by atoms with Crippen LogP contribution in [0.3, 0.4) is 0 Å². The van der Waals surface area contributed by atoms with Gasteiger partial charge in [-0.05, 0) is 28.8 Å². The Hall–Kier alpha value is -0.190. The number of halogens is 1. The SMILES string of the molecule is C=CN/C=C\OCI. The summed E-state index contributed by atoms with van der Waals surface area (Å²) in [5.41, 5.74) is 0. The Bertz CT molecular complexity index is 82.5. The Balaban J connectivity index is 2.94. The number of nitrogens with one attached hydrogen (secondary N) is 1. The molecule has 0 unspecified atom stereocenters. The number of ether oxygens (including phenoxy) is 1. The molecule has 0 saturated heterocycles. The second-order valence-corrected chi connectivity index (χ2v) is 1.57. The standard InChI is InChI=1S/C5H8INO/c1-2-7-3-4-8-5-6/h2-4,7H,1,5H2/b4-3-. The fourth-order valence-corrected chi connectivity index (χ4v) is 0.399. The van der Waals surface area contributed by atoms with Crippen LogP contribution in [0.5, 0.6) is 0 Å². The number of hydrogen-bond acceptors (Lipinski definition) is 2. The van der Waals surface area contributed by atoms with Gasteiger partial charge in [-0.25, -0.2) is 0 Å². The minimum absolute atomic E-state index is 0.674. The lowest BCUT2D eigenvalue weighted by atomic mass is 10.9. The topological polar surface area (TPSA) is 21.3 Å². The monoisotopic (exact) mass is 225 g/mol. The van der Waals surface area contributed by atoms with Crippen LogP contribution in [-0.2, 0) is 4.74 Å². The smallest absolute Gasteiger partial charge is 0.138 e. The van der Waals surface area contributed by atoms with Gasteiger partial charge < -0.3 is 10.1 Å². The zero-order valence-corrected chi connectivity index (χ0v) is 6.59. The number of rotatable bonds is 4. The first kappa shape index (κ1) is 7.81. The van der Waals surface area contributed by atoms with Gasteiger partial charge in [-0.3, -0.25) is 0 Å². The van der Waals surface area contributed by atoms with Gasteiger partial charge in [0.2, 0.25) is 0 Å². The van der Waals surface area contributed by atoms with Gasteiger partial charge in [0.25, 0.3) is 0 Å². The maximum atomic E-state index is 4.83. The van der Waals surface area contributed by atoms with Gasteiger partial charge in [-0.1, -0.05) is 6.58 Å². The van der Waals surface area contributed by atoms with Gasteiger partial charge in [0, 0.05) is 6.20 Å². The summed E-state index contributed by atoms with van der Waals surface area (Å²) in [6, 6.07) is 0. The van der Waals surface area contributed by atoms with Crippen LogP contribution in [0.4, 0.5) is 0 Å². The van der Waals surface area contributed by atoms with E-state index < -0.39 is 0 Å². The molecule has 0 aromatic carbocycles. The maximum absolute atomic E-state index is 4.83. The van der Waals surface area contributed by atoms with Crippen LogP contribution < -0.4 is 5.32 Å². The normalized spacial score (nSPS) is 9.12. The quantitative estimate of drug-likeness (QED) is 0.445. The van der Waals surface area contributed by atoms with Gasteiger partial charge in [0.15, 0.2) is 0 Å². The minimum Gasteiger partial charge on any atom is -0.489 e. The molecule has 0 rings (SSSR count). The van der Waals surface area contributed by atoms with Crippen LogP contribution in [-0.4, -0.2) is 4.61 Å². The average Bonchev–Trinajstić information content (AvgIpc) is 1.81. The lowest BCUT2D eigenvalue weighted by Crippen LogP contribution is -1.89. The molecule has 1 N–H and O–H groups in total. The van der Waals surface area contributed by atoms with Crippen molar-refractivity contribution in [3.63, 3.8) is 0 Å². The van der Waals surface area contributed by atoms with Gasteiger partial charge in [0.05, 0.1) is 0 Å². The van der Waals surface area contributed by atoms with Crippen molar-refractivity contribution in [1.82, 2.24) is 5.32 Å². The summed E-state index contributed by atoms with van der Waals surface area (Å²) in [6.45, 7) is 3.44. The van der Waals surface area contributed by atoms with Crippen molar-refractivity contribution in [3.8, 4) is 0 Å². The molecule has 0 bridgehead atoms. The molecule has 0 aliphatic carbocycles. The van der Waals surface area contributed by atoms with Gasteiger partial charge in [-0.2, -0.15) is 0 Å². The molecule has 0 aromatic rings. The van der Waals surface area contributed by atoms with Crippen molar-refractivity contribution in [2.24, 2.45) is 0 Å². The van der Waals surface area contributed by atoms with Crippen molar-refractivity contribution in [2.45, 2.75) is 0 Å². The summed E-state index contributed by atoms with van der Waals surface area (Å²) in [4.78, 5) is 0. The summed E-state index contributed by atoms with van der Waals surface area (Å²) in [6.07, 6.45) is 4.83. The maximum Gasteiger partial charge on any atom is 0.138 e. The fourth-order valence-electron chi connectivity index (χ4n) is 0.192.